The van der Waals surface area contributed by atoms with Crippen LogP contribution in [0.15, 0.2) is 18.2 Å². The minimum atomic E-state index is -0.114. The zero-order valence-electron chi connectivity index (χ0n) is 12.5. The van der Waals surface area contributed by atoms with Crippen LogP contribution in [0.5, 0.6) is 0 Å². The van der Waals surface area contributed by atoms with Crippen molar-refractivity contribution in [2.24, 2.45) is 5.92 Å². The van der Waals surface area contributed by atoms with Crippen LogP contribution in [0.1, 0.15) is 12.8 Å². The number of carbonyl (C=O) groups is 1. The van der Waals surface area contributed by atoms with Gasteiger partial charge in [-0.2, -0.15) is 0 Å². The molecule has 0 aliphatic carbocycles. The van der Waals surface area contributed by atoms with Crippen LogP contribution in [0.25, 0.3) is 0 Å². The van der Waals surface area contributed by atoms with Crippen molar-refractivity contribution in [3.05, 3.63) is 23.2 Å². The fourth-order valence-corrected chi connectivity index (χ4v) is 2.93. The minimum absolute atomic E-state index is 0.114. The normalized spacial score (nSPS) is 15.9. The van der Waals surface area contributed by atoms with Crippen LogP contribution in [0.4, 0.5) is 16.2 Å². The molecule has 1 aromatic carbocycles. The predicted molar refractivity (Wildman–Crippen MR) is 86.2 cm³/mol. The third kappa shape index (κ3) is 3.80. The highest BCUT2D eigenvalue weighted by Crippen LogP contribution is 2.32. The number of nitrogens with zero attached hydrogens (tertiary/aromatic N) is 2. The average Bonchev–Trinajstić information content (AvgIpc) is 2.47. The fourth-order valence-electron chi connectivity index (χ4n) is 2.58. The molecule has 0 unspecified atom stereocenters. The number of nitrogens with one attached hydrogen (secondary N) is 1. The summed E-state index contributed by atoms with van der Waals surface area (Å²) in [6.45, 7) is 1.55. The van der Waals surface area contributed by atoms with Gasteiger partial charge in [-0.05, 0) is 30.9 Å². The number of urea groups is 1. The number of benzene rings is 1. The fraction of sp³-hybridized carbons (Fsp3) is 0.533. The molecule has 6 heteroatoms. The molecular weight excluding hydrogens is 290 g/mol. The Kier molecular flexibility index (Phi) is 5.31. The number of aliphatic hydroxyl groups is 1. The van der Waals surface area contributed by atoms with E-state index in [1.165, 1.54) is 0 Å². The minimum Gasteiger partial charge on any atom is -0.396 e. The van der Waals surface area contributed by atoms with Crippen LogP contribution < -0.4 is 10.2 Å². The largest absolute Gasteiger partial charge is 0.396 e. The van der Waals surface area contributed by atoms with Gasteiger partial charge in [0.05, 0.1) is 16.4 Å². The first-order valence-corrected chi connectivity index (χ1v) is 7.53. The highest BCUT2D eigenvalue weighted by atomic mass is 35.5. The zero-order valence-corrected chi connectivity index (χ0v) is 13.2. The molecule has 0 spiro atoms. The number of likely N-dealkylation sites (tertiary alicyclic amines) is 1. The van der Waals surface area contributed by atoms with Gasteiger partial charge in [0.2, 0.25) is 0 Å². The highest BCUT2D eigenvalue weighted by molar-refractivity contribution is 6.34. The molecule has 1 heterocycles. The number of para-hydroxylation sites is 1. The predicted octanol–water partition coefficient (Wildman–Crippen LogP) is 2.64. The standard InChI is InChI=1S/C15H22ClN3O2/c1-18(2)14-12(16)4-3-5-13(14)17-15(21)19-8-6-11(10-20)7-9-19/h3-5,11,20H,6-10H2,1-2H3,(H,17,21). The van der Waals surface area contributed by atoms with Gasteiger partial charge in [0.15, 0.2) is 0 Å². The second-order valence-corrected chi connectivity index (χ2v) is 5.98. The number of hydrogen-bond acceptors (Lipinski definition) is 3. The average molecular weight is 312 g/mol. The Bertz CT molecular complexity index is 500. The molecular formula is C15H22ClN3O2. The van der Waals surface area contributed by atoms with Crippen molar-refractivity contribution in [1.82, 2.24) is 4.90 Å². The van der Waals surface area contributed by atoms with Crippen LogP contribution in [0.2, 0.25) is 5.02 Å². The van der Waals surface area contributed by atoms with E-state index in [0.29, 0.717) is 29.7 Å². The van der Waals surface area contributed by atoms with Crippen LogP contribution in [-0.4, -0.2) is 49.8 Å². The van der Waals surface area contributed by atoms with Crippen molar-refractivity contribution < 1.29 is 9.90 Å². The molecule has 0 atom stereocenters. The molecule has 0 saturated carbocycles. The Labute approximate surface area is 130 Å². The van der Waals surface area contributed by atoms with Crippen molar-refractivity contribution in [3.63, 3.8) is 0 Å². The van der Waals surface area contributed by atoms with E-state index in [0.717, 1.165) is 18.5 Å². The molecule has 0 aromatic heterocycles. The Morgan fingerprint density at radius 1 is 1.43 bits per heavy atom. The number of rotatable bonds is 3. The summed E-state index contributed by atoms with van der Waals surface area (Å²) in [7, 11) is 3.78. The van der Waals surface area contributed by atoms with Gasteiger partial charge in [-0.15, -0.1) is 0 Å². The molecule has 0 radical (unpaired) electrons. The van der Waals surface area contributed by atoms with Crippen LogP contribution in [-0.2, 0) is 0 Å². The highest BCUT2D eigenvalue weighted by Gasteiger charge is 2.23. The molecule has 1 aliphatic rings. The second-order valence-electron chi connectivity index (χ2n) is 5.57. The molecule has 116 valence electrons. The first-order valence-electron chi connectivity index (χ1n) is 7.15. The summed E-state index contributed by atoms with van der Waals surface area (Å²) in [5, 5.41) is 12.7. The van der Waals surface area contributed by atoms with Crippen LogP contribution >= 0.6 is 11.6 Å². The van der Waals surface area contributed by atoms with E-state index in [4.69, 9.17) is 16.7 Å². The van der Waals surface area contributed by atoms with E-state index in [9.17, 15) is 4.79 Å². The molecule has 1 aliphatic heterocycles. The van der Waals surface area contributed by atoms with Crippen molar-refractivity contribution >= 4 is 29.0 Å². The number of anilines is 2. The van der Waals surface area contributed by atoms with Gasteiger partial charge in [-0.1, -0.05) is 17.7 Å². The van der Waals surface area contributed by atoms with Gasteiger partial charge in [-0.25, -0.2) is 4.79 Å². The number of amides is 2. The Morgan fingerprint density at radius 3 is 2.67 bits per heavy atom. The molecule has 2 rings (SSSR count). The molecule has 1 fully saturated rings. The van der Waals surface area contributed by atoms with Crippen molar-refractivity contribution in [3.8, 4) is 0 Å². The molecule has 2 amide bonds. The van der Waals surface area contributed by atoms with Gasteiger partial charge in [0.1, 0.15) is 0 Å². The smallest absolute Gasteiger partial charge is 0.321 e. The van der Waals surface area contributed by atoms with Gasteiger partial charge >= 0.3 is 6.03 Å². The monoisotopic (exact) mass is 311 g/mol. The lowest BCUT2D eigenvalue weighted by molar-refractivity contribution is 0.143. The summed E-state index contributed by atoms with van der Waals surface area (Å²) >= 11 is 6.20. The summed E-state index contributed by atoms with van der Waals surface area (Å²) in [4.78, 5) is 16.0. The summed E-state index contributed by atoms with van der Waals surface area (Å²) in [5.74, 6) is 0.317. The van der Waals surface area contributed by atoms with Gasteiger partial charge in [0, 0.05) is 33.8 Å². The summed E-state index contributed by atoms with van der Waals surface area (Å²) < 4.78 is 0. The third-order valence-corrected chi connectivity index (χ3v) is 4.14. The maximum Gasteiger partial charge on any atom is 0.321 e. The zero-order chi connectivity index (χ0) is 15.4. The SMILES string of the molecule is CN(C)c1c(Cl)cccc1NC(=O)N1CCC(CO)CC1. The van der Waals surface area contributed by atoms with Gasteiger partial charge in [-0.3, -0.25) is 0 Å². The van der Waals surface area contributed by atoms with E-state index in [1.54, 1.807) is 11.0 Å². The summed E-state index contributed by atoms with van der Waals surface area (Å²) in [5.41, 5.74) is 1.51. The topological polar surface area (TPSA) is 55.8 Å². The molecule has 0 bridgehead atoms. The lowest BCUT2D eigenvalue weighted by atomic mass is 9.98. The van der Waals surface area contributed by atoms with E-state index >= 15 is 0 Å². The Morgan fingerprint density at radius 2 is 2.10 bits per heavy atom. The van der Waals surface area contributed by atoms with Gasteiger partial charge < -0.3 is 20.2 Å². The van der Waals surface area contributed by atoms with E-state index in [1.807, 2.05) is 31.1 Å². The maximum absolute atomic E-state index is 12.3. The summed E-state index contributed by atoms with van der Waals surface area (Å²) in [6, 6.07) is 5.36. The number of carbonyl (C=O) groups excluding carboxylic acids is 1. The Hall–Kier alpha value is -1.46. The van der Waals surface area contributed by atoms with Crippen molar-refractivity contribution in [2.45, 2.75) is 12.8 Å². The number of piperidine rings is 1. The second kappa shape index (κ2) is 7.00. The van der Waals surface area contributed by atoms with E-state index in [-0.39, 0.29) is 12.6 Å². The first kappa shape index (κ1) is 15.9. The number of hydrogen-bond donors (Lipinski definition) is 2. The molecule has 1 saturated heterocycles. The molecule has 21 heavy (non-hydrogen) atoms. The van der Waals surface area contributed by atoms with Gasteiger partial charge in [0.25, 0.3) is 0 Å². The maximum atomic E-state index is 12.3. The Balaban J connectivity index is 2.05. The van der Waals surface area contributed by atoms with Crippen molar-refractivity contribution in [2.75, 3.05) is 44.0 Å². The quantitative estimate of drug-likeness (QED) is 0.902. The van der Waals surface area contributed by atoms with Crippen LogP contribution in [0, 0.1) is 5.92 Å². The first-order chi connectivity index (χ1) is 10.0. The number of halogens is 1. The lowest BCUT2D eigenvalue weighted by Crippen LogP contribution is -2.41. The third-order valence-electron chi connectivity index (χ3n) is 3.84. The number of aliphatic hydroxyl groups excluding tert-OH is 1. The van der Waals surface area contributed by atoms with E-state index in [2.05, 4.69) is 5.32 Å². The van der Waals surface area contributed by atoms with Crippen LogP contribution in [0.3, 0.4) is 0 Å². The summed E-state index contributed by atoms with van der Waals surface area (Å²) in [6.07, 6.45) is 1.69. The molecule has 1 aromatic rings. The molecule has 5 nitrogen and oxygen atoms in total. The van der Waals surface area contributed by atoms with Crippen molar-refractivity contribution in [1.29, 1.82) is 0 Å². The lowest BCUT2D eigenvalue weighted by Gasteiger charge is -2.31. The molecule has 2 N–H and O–H groups in total. The van der Waals surface area contributed by atoms with E-state index < -0.39 is 0 Å².